The summed E-state index contributed by atoms with van der Waals surface area (Å²) in [6.07, 6.45) is 8.07. The zero-order valence-corrected chi connectivity index (χ0v) is 8.68. The lowest BCUT2D eigenvalue weighted by Gasteiger charge is -2.02. The van der Waals surface area contributed by atoms with Crippen LogP contribution >= 0.6 is 11.3 Å². The molecular weight excluding hydrogens is 190 g/mol. The first-order chi connectivity index (χ1) is 6.95. The molecule has 0 amide bonds. The first-order valence-corrected chi connectivity index (χ1v) is 5.85. The average molecular weight is 201 g/mol. The van der Waals surface area contributed by atoms with Crippen molar-refractivity contribution in [3.05, 3.63) is 35.3 Å². The SMILES string of the molecule is C1=C(c2ccnc3ccsc23)CCC1. The molecule has 0 N–H and O–H groups in total. The van der Waals surface area contributed by atoms with Gasteiger partial charge < -0.3 is 0 Å². The molecule has 0 saturated carbocycles. The van der Waals surface area contributed by atoms with Crippen molar-refractivity contribution in [3.63, 3.8) is 0 Å². The summed E-state index contributed by atoms with van der Waals surface area (Å²) in [4.78, 5) is 4.36. The highest BCUT2D eigenvalue weighted by molar-refractivity contribution is 7.17. The van der Waals surface area contributed by atoms with E-state index in [1.165, 1.54) is 35.1 Å². The van der Waals surface area contributed by atoms with E-state index in [4.69, 9.17) is 0 Å². The van der Waals surface area contributed by atoms with E-state index in [1.807, 2.05) is 6.20 Å². The number of aromatic nitrogens is 1. The predicted octanol–water partition coefficient (Wildman–Crippen LogP) is 3.86. The van der Waals surface area contributed by atoms with Crippen LogP contribution in [-0.2, 0) is 0 Å². The van der Waals surface area contributed by atoms with E-state index in [0.717, 1.165) is 5.52 Å². The first-order valence-electron chi connectivity index (χ1n) is 4.97. The molecule has 0 bridgehead atoms. The maximum Gasteiger partial charge on any atom is 0.0815 e. The molecule has 0 aromatic carbocycles. The van der Waals surface area contributed by atoms with Gasteiger partial charge in [-0.3, -0.25) is 4.98 Å². The quantitative estimate of drug-likeness (QED) is 0.682. The van der Waals surface area contributed by atoms with Crippen LogP contribution in [0.3, 0.4) is 0 Å². The van der Waals surface area contributed by atoms with E-state index < -0.39 is 0 Å². The molecule has 0 atom stereocenters. The summed E-state index contributed by atoms with van der Waals surface area (Å²) in [5.74, 6) is 0. The summed E-state index contributed by atoms with van der Waals surface area (Å²) in [5, 5.41) is 2.12. The van der Waals surface area contributed by atoms with Gasteiger partial charge >= 0.3 is 0 Å². The molecular formula is C12H11NS. The number of allylic oxidation sites excluding steroid dienone is 2. The Bertz CT molecular complexity index is 496. The highest BCUT2D eigenvalue weighted by Crippen LogP contribution is 2.33. The maximum atomic E-state index is 4.36. The molecule has 1 nitrogen and oxygen atoms in total. The lowest BCUT2D eigenvalue weighted by atomic mass is 10.1. The number of thiophene rings is 1. The van der Waals surface area contributed by atoms with E-state index in [9.17, 15) is 0 Å². The number of fused-ring (bicyclic) bond motifs is 1. The highest BCUT2D eigenvalue weighted by atomic mass is 32.1. The van der Waals surface area contributed by atoms with Gasteiger partial charge in [0.25, 0.3) is 0 Å². The second-order valence-corrected chi connectivity index (χ2v) is 4.53. The van der Waals surface area contributed by atoms with Crippen LogP contribution in [0.15, 0.2) is 29.8 Å². The smallest absolute Gasteiger partial charge is 0.0815 e. The Kier molecular flexibility index (Phi) is 1.88. The third-order valence-corrected chi connectivity index (χ3v) is 3.67. The molecule has 0 spiro atoms. The molecule has 0 aliphatic heterocycles. The first kappa shape index (κ1) is 8.18. The van der Waals surface area contributed by atoms with Gasteiger partial charge in [-0.05, 0) is 47.9 Å². The molecule has 0 fully saturated rings. The van der Waals surface area contributed by atoms with E-state index in [-0.39, 0.29) is 0 Å². The fourth-order valence-electron chi connectivity index (χ4n) is 2.04. The summed E-state index contributed by atoms with van der Waals surface area (Å²) < 4.78 is 1.35. The van der Waals surface area contributed by atoms with Crippen molar-refractivity contribution in [1.82, 2.24) is 4.98 Å². The lowest BCUT2D eigenvalue weighted by Crippen LogP contribution is -1.82. The summed E-state index contributed by atoms with van der Waals surface area (Å²) >= 11 is 1.80. The van der Waals surface area contributed by atoms with Gasteiger partial charge in [0.1, 0.15) is 0 Å². The molecule has 2 aromatic rings. The lowest BCUT2D eigenvalue weighted by molar-refractivity contribution is 0.936. The third-order valence-electron chi connectivity index (χ3n) is 2.73. The maximum absolute atomic E-state index is 4.36. The molecule has 0 radical (unpaired) electrons. The minimum Gasteiger partial charge on any atom is -0.255 e. The van der Waals surface area contributed by atoms with Crippen LogP contribution in [0.2, 0.25) is 0 Å². The number of rotatable bonds is 1. The van der Waals surface area contributed by atoms with Crippen molar-refractivity contribution in [3.8, 4) is 0 Å². The standard InChI is InChI=1S/C12H11NS/c1-2-4-9(3-1)10-5-7-13-11-6-8-14-12(10)11/h3,5-8H,1-2,4H2. The van der Waals surface area contributed by atoms with Crippen LogP contribution in [0.5, 0.6) is 0 Å². The van der Waals surface area contributed by atoms with Crippen molar-refractivity contribution in [2.75, 3.05) is 0 Å². The Balaban J connectivity index is 2.24. The summed E-state index contributed by atoms with van der Waals surface area (Å²) in [7, 11) is 0. The zero-order valence-electron chi connectivity index (χ0n) is 7.86. The van der Waals surface area contributed by atoms with Crippen LogP contribution in [0.1, 0.15) is 24.8 Å². The van der Waals surface area contributed by atoms with Gasteiger partial charge in [0.05, 0.1) is 10.2 Å². The second-order valence-electron chi connectivity index (χ2n) is 3.62. The molecule has 2 heterocycles. The van der Waals surface area contributed by atoms with E-state index in [0.29, 0.717) is 0 Å². The Morgan fingerprint density at radius 1 is 1.29 bits per heavy atom. The Morgan fingerprint density at radius 3 is 3.14 bits per heavy atom. The zero-order chi connectivity index (χ0) is 9.38. The van der Waals surface area contributed by atoms with Gasteiger partial charge in [-0.1, -0.05) is 6.08 Å². The van der Waals surface area contributed by atoms with Gasteiger partial charge in [0.2, 0.25) is 0 Å². The van der Waals surface area contributed by atoms with Crippen molar-refractivity contribution in [2.45, 2.75) is 19.3 Å². The molecule has 14 heavy (non-hydrogen) atoms. The van der Waals surface area contributed by atoms with Crippen molar-refractivity contribution in [2.24, 2.45) is 0 Å². The average Bonchev–Trinajstić information content (AvgIpc) is 2.88. The molecule has 3 rings (SSSR count). The van der Waals surface area contributed by atoms with Crippen molar-refractivity contribution >= 4 is 27.1 Å². The van der Waals surface area contributed by atoms with E-state index >= 15 is 0 Å². The van der Waals surface area contributed by atoms with Crippen molar-refractivity contribution in [1.29, 1.82) is 0 Å². The Morgan fingerprint density at radius 2 is 2.29 bits per heavy atom. The fourth-order valence-corrected chi connectivity index (χ4v) is 2.94. The number of hydrogen-bond donors (Lipinski definition) is 0. The molecule has 1 aliphatic carbocycles. The normalized spacial score (nSPS) is 16.1. The Hall–Kier alpha value is -1.15. The van der Waals surface area contributed by atoms with E-state index in [1.54, 1.807) is 11.3 Å². The highest BCUT2D eigenvalue weighted by Gasteiger charge is 2.11. The van der Waals surface area contributed by atoms with Crippen LogP contribution < -0.4 is 0 Å². The molecule has 2 heteroatoms. The van der Waals surface area contributed by atoms with Gasteiger partial charge in [0, 0.05) is 6.20 Å². The minimum absolute atomic E-state index is 1.14. The number of hydrogen-bond acceptors (Lipinski definition) is 2. The molecule has 0 unspecified atom stereocenters. The van der Waals surface area contributed by atoms with Gasteiger partial charge in [-0.15, -0.1) is 11.3 Å². The van der Waals surface area contributed by atoms with E-state index in [2.05, 4.69) is 28.6 Å². The number of pyridine rings is 1. The largest absolute Gasteiger partial charge is 0.255 e. The Labute approximate surface area is 87.1 Å². The second kappa shape index (κ2) is 3.21. The topological polar surface area (TPSA) is 12.9 Å². The molecule has 2 aromatic heterocycles. The molecule has 70 valence electrons. The van der Waals surface area contributed by atoms with Gasteiger partial charge in [-0.2, -0.15) is 0 Å². The van der Waals surface area contributed by atoms with Crippen LogP contribution in [-0.4, -0.2) is 4.98 Å². The van der Waals surface area contributed by atoms with Gasteiger partial charge in [0.15, 0.2) is 0 Å². The number of nitrogens with zero attached hydrogens (tertiary/aromatic N) is 1. The van der Waals surface area contributed by atoms with Gasteiger partial charge in [-0.25, -0.2) is 0 Å². The summed E-state index contributed by atoms with van der Waals surface area (Å²) in [5.41, 5.74) is 4.06. The summed E-state index contributed by atoms with van der Waals surface area (Å²) in [6.45, 7) is 0. The van der Waals surface area contributed by atoms with Crippen molar-refractivity contribution < 1.29 is 0 Å². The summed E-state index contributed by atoms with van der Waals surface area (Å²) in [6, 6.07) is 4.25. The van der Waals surface area contributed by atoms with Crippen LogP contribution in [0.4, 0.5) is 0 Å². The van der Waals surface area contributed by atoms with Crippen LogP contribution in [0.25, 0.3) is 15.8 Å². The molecule has 1 aliphatic rings. The molecule has 0 saturated heterocycles. The van der Waals surface area contributed by atoms with Crippen LogP contribution in [0, 0.1) is 0 Å². The fraction of sp³-hybridized carbons (Fsp3) is 0.250. The third kappa shape index (κ3) is 1.18. The minimum atomic E-state index is 1.14. The monoisotopic (exact) mass is 201 g/mol. The predicted molar refractivity (Wildman–Crippen MR) is 61.4 cm³/mol.